The Morgan fingerprint density at radius 3 is 2.83 bits per heavy atom. The third-order valence-electron chi connectivity index (χ3n) is 9.82. The molecular formula is C28H35BrN2O5. The molecule has 0 aliphatic heterocycles. The Morgan fingerprint density at radius 2 is 2.11 bits per heavy atom. The molecular weight excluding hydrogens is 524 g/mol. The van der Waals surface area contributed by atoms with E-state index in [1.54, 1.807) is 12.4 Å². The molecule has 2 unspecified atom stereocenters. The molecule has 36 heavy (non-hydrogen) atoms. The Hall–Kier alpha value is -1.87. The molecule has 1 heterocycles. The molecule has 4 aliphatic rings. The van der Waals surface area contributed by atoms with E-state index in [9.17, 15) is 20.1 Å². The lowest BCUT2D eigenvalue weighted by atomic mass is 9.46. The number of aliphatic hydroxyl groups is 3. The summed E-state index contributed by atoms with van der Waals surface area (Å²) in [7, 11) is 0. The number of carbonyl (C=O) groups excluding carboxylic acids is 1. The molecule has 5 rings (SSSR count). The highest BCUT2D eigenvalue weighted by Crippen LogP contribution is 2.68. The highest BCUT2D eigenvalue weighted by atomic mass is 79.9. The van der Waals surface area contributed by atoms with E-state index >= 15 is 0 Å². The Balaban J connectivity index is 1.38. The zero-order valence-electron chi connectivity index (χ0n) is 21.0. The van der Waals surface area contributed by atoms with E-state index in [4.69, 9.17) is 4.84 Å². The number of aromatic nitrogens is 1. The number of aliphatic hydroxyl groups excluding tert-OH is 2. The zero-order chi connectivity index (χ0) is 25.9. The van der Waals surface area contributed by atoms with Crippen molar-refractivity contribution in [3.8, 4) is 0 Å². The first kappa shape index (κ1) is 25.8. The molecule has 3 fully saturated rings. The van der Waals surface area contributed by atoms with Crippen LogP contribution in [-0.2, 0) is 16.2 Å². The predicted molar refractivity (Wildman–Crippen MR) is 139 cm³/mol. The molecule has 4 aliphatic carbocycles. The second-order valence-electron chi connectivity index (χ2n) is 11.6. The average Bonchev–Trinajstić information content (AvgIpc) is 3.04. The fourth-order valence-electron chi connectivity index (χ4n) is 8.16. The Labute approximate surface area is 220 Å². The van der Waals surface area contributed by atoms with Gasteiger partial charge in [-0.3, -0.25) is 9.78 Å². The van der Waals surface area contributed by atoms with Gasteiger partial charge in [0, 0.05) is 39.2 Å². The summed E-state index contributed by atoms with van der Waals surface area (Å²) in [5.41, 5.74) is 0.195. The predicted octanol–water partition coefficient (Wildman–Crippen LogP) is 3.96. The van der Waals surface area contributed by atoms with E-state index in [0.717, 1.165) is 35.0 Å². The lowest BCUT2D eigenvalue weighted by Crippen LogP contribution is -2.62. The Morgan fingerprint density at radius 1 is 1.33 bits per heavy atom. The molecule has 0 spiro atoms. The first-order chi connectivity index (χ1) is 17.0. The number of nitrogens with zero attached hydrogens (tertiary/aromatic N) is 2. The third kappa shape index (κ3) is 3.75. The quantitative estimate of drug-likeness (QED) is 0.471. The summed E-state index contributed by atoms with van der Waals surface area (Å²) in [5.74, 6) is -0.523. The summed E-state index contributed by atoms with van der Waals surface area (Å²) < 4.78 is 0.890. The van der Waals surface area contributed by atoms with E-state index in [2.05, 4.69) is 45.1 Å². The van der Waals surface area contributed by atoms with Gasteiger partial charge in [0.25, 0.3) is 0 Å². The molecule has 3 saturated carbocycles. The van der Waals surface area contributed by atoms with Crippen LogP contribution in [0.15, 0.2) is 51.9 Å². The monoisotopic (exact) mass is 558 g/mol. The van der Waals surface area contributed by atoms with Gasteiger partial charge >= 0.3 is 0 Å². The first-order valence-electron chi connectivity index (χ1n) is 12.8. The lowest BCUT2D eigenvalue weighted by molar-refractivity contribution is -0.183. The maximum absolute atomic E-state index is 12.8. The number of ketones is 1. The van der Waals surface area contributed by atoms with Crippen molar-refractivity contribution in [3.63, 3.8) is 0 Å². The van der Waals surface area contributed by atoms with Crippen molar-refractivity contribution in [3.05, 3.63) is 52.3 Å². The van der Waals surface area contributed by atoms with Crippen molar-refractivity contribution in [2.75, 3.05) is 6.61 Å². The molecule has 0 bridgehead atoms. The van der Waals surface area contributed by atoms with E-state index in [1.807, 2.05) is 26.0 Å². The standard InChI is InChI=1S/C28H35BrN2O5/c1-16-8-22-21-5-4-18-10-20(31-36-15-17-9-19(29)13-30-12-17)6-7-26(18,2)25(21)23(33)11-27(22,3)28(16,35)24(34)14-32/h6-7,9-10,12-13,16,21-23,25,32-33,35H,4-5,8,11,14-15H2,1-3H3/b31-20+/t16-,21+,22?,23+,25?,26+,27+,28+/m1/s1. The molecule has 7 nitrogen and oxygen atoms in total. The van der Waals surface area contributed by atoms with Crippen LogP contribution in [-0.4, -0.2) is 50.1 Å². The molecule has 0 aromatic carbocycles. The van der Waals surface area contributed by atoms with Gasteiger partial charge in [-0.05, 0) is 77.6 Å². The summed E-state index contributed by atoms with van der Waals surface area (Å²) in [6.45, 7) is 5.68. The van der Waals surface area contributed by atoms with Crippen LogP contribution in [0.5, 0.6) is 0 Å². The lowest BCUT2D eigenvalue weighted by Gasteiger charge is -2.59. The average molecular weight is 560 g/mol. The topological polar surface area (TPSA) is 112 Å². The third-order valence-corrected chi connectivity index (χ3v) is 10.3. The SMILES string of the molecule is C[C@@H]1CC2[C@@H]3CCC4=C/C(=N/OCc5cncc(Br)c5)C=C[C@]4(C)C3[C@@H](O)C[C@]2(C)[C@@]1(O)C(=O)CO. The number of hydrogen-bond donors (Lipinski definition) is 3. The van der Waals surface area contributed by atoms with Gasteiger partial charge in [-0.2, -0.15) is 0 Å². The van der Waals surface area contributed by atoms with Gasteiger partial charge < -0.3 is 20.2 Å². The highest BCUT2D eigenvalue weighted by Gasteiger charge is 2.70. The molecule has 194 valence electrons. The van der Waals surface area contributed by atoms with Gasteiger partial charge in [0.15, 0.2) is 5.78 Å². The maximum atomic E-state index is 12.8. The van der Waals surface area contributed by atoms with Crippen LogP contribution >= 0.6 is 15.9 Å². The Bertz CT molecular complexity index is 1150. The van der Waals surface area contributed by atoms with Gasteiger partial charge in [-0.1, -0.05) is 37.6 Å². The minimum Gasteiger partial charge on any atom is -0.393 e. The van der Waals surface area contributed by atoms with Crippen molar-refractivity contribution < 1.29 is 25.0 Å². The number of oxime groups is 1. The summed E-state index contributed by atoms with van der Waals surface area (Å²) in [5, 5.41) is 37.1. The van der Waals surface area contributed by atoms with Gasteiger partial charge in [-0.25, -0.2) is 0 Å². The summed E-state index contributed by atoms with van der Waals surface area (Å²) >= 11 is 3.41. The van der Waals surface area contributed by atoms with Crippen molar-refractivity contribution in [2.24, 2.45) is 39.7 Å². The second-order valence-corrected chi connectivity index (χ2v) is 12.5. The van der Waals surface area contributed by atoms with Crippen molar-refractivity contribution in [1.29, 1.82) is 0 Å². The number of Topliss-reactive ketones (excluding diaryl/α,β-unsaturated/α-hetero) is 1. The zero-order valence-corrected chi connectivity index (χ0v) is 22.6. The number of pyridine rings is 1. The van der Waals surface area contributed by atoms with E-state index < -0.39 is 29.5 Å². The van der Waals surface area contributed by atoms with Gasteiger partial charge in [0.1, 0.15) is 24.5 Å². The van der Waals surface area contributed by atoms with Gasteiger partial charge in [0.2, 0.25) is 0 Å². The van der Waals surface area contributed by atoms with Crippen molar-refractivity contribution in [1.82, 2.24) is 4.98 Å². The van der Waals surface area contributed by atoms with Crippen LogP contribution in [0.4, 0.5) is 0 Å². The fraction of sp³-hybridized carbons (Fsp3) is 0.607. The number of rotatable bonds is 5. The molecule has 0 amide bonds. The van der Waals surface area contributed by atoms with E-state index in [1.165, 1.54) is 5.57 Å². The number of hydrogen-bond acceptors (Lipinski definition) is 7. The summed E-state index contributed by atoms with van der Waals surface area (Å²) in [6, 6.07) is 1.94. The number of carbonyl (C=O) groups is 1. The molecule has 3 N–H and O–H groups in total. The van der Waals surface area contributed by atoms with Crippen LogP contribution in [0, 0.1) is 34.5 Å². The first-order valence-corrected chi connectivity index (χ1v) is 13.6. The Kier molecular flexibility index (Phi) is 6.55. The fourth-order valence-corrected chi connectivity index (χ4v) is 8.57. The highest BCUT2D eigenvalue weighted by molar-refractivity contribution is 9.10. The normalized spacial score (nSPS) is 42.4. The minimum atomic E-state index is -1.61. The molecule has 1 aromatic heterocycles. The largest absolute Gasteiger partial charge is 0.393 e. The molecule has 1 aromatic rings. The van der Waals surface area contributed by atoms with Crippen LogP contribution in [0.1, 0.15) is 52.0 Å². The number of halogens is 1. The molecule has 8 atom stereocenters. The summed E-state index contributed by atoms with van der Waals surface area (Å²) in [4.78, 5) is 22.5. The van der Waals surface area contributed by atoms with Crippen LogP contribution in [0.25, 0.3) is 0 Å². The van der Waals surface area contributed by atoms with Gasteiger partial charge in [0.05, 0.1) is 6.10 Å². The minimum absolute atomic E-state index is 0.0131. The second kappa shape index (κ2) is 9.15. The van der Waals surface area contributed by atoms with Crippen molar-refractivity contribution >= 4 is 27.4 Å². The molecule has 8 heteroatoms. The number of allylic oxidation sites excluding steroid dienone is 4. The summed E-state index contributed by atoms with van der Waals surface area (Å²) in [6.07, 6.45) is 11.8. The van der Waals surface area contributed by atoms with Crippen LogP contribution in [0.3, 0.4) is 0 Å². The molecule has 0 saturated heterocycles. The molecule has 0 radical (unpaired) electrons. The maximum Gasteiger partial charge on any atom is 0.190 e. The van der Waals surface area contributed by atoms with Gasteiger partial charge in [-0.15, -0.1) is 0 Å². The van der Waals surface area contributed by atoms with Crippen molar-refractivity contribution in [2.45, 2.75) is 64.8 Å². The van der Waals surface area contributed by atoms with E-state index in [-0.39, 0.29) is 29.1 Å². The number of fused-ring (bicyclic) bond motifs is 5. The van der Waals surface area contributed by atoms with Crippen LogP contribution in [0.2, 0.25) is 0 Å². The smallest absolute Gasteiger partial charge is 0.190 e. The van der Waals surface area contributed by atoms with Crippen LogP contribution < -0.4 is 0 Å². The van der Waals surface area contributed by atoms with E-state index in [0.29, 0.717) is 13.0 Å².